The summed E-state index contributed by atoms with van der Waals surface area (Å²) in [6, 6.07) is 10.9. The topological polar surface area (TPSA) is 84.9 Å². The first-order valence-corrected chi connectivity index (χ1v) is 11.0. The number of hydrogen-bond donors (Lipinski definition) is 1. The minimum atomic E-state index is -3.76. The minimum absolute atomic E-state index is 0.109. The smallest absolute Gasteiger partial charge is 0.263 e. The Kier molecular flexibility index (Phi) is 6.66. The second-order valence-electron chi connectivity index (χ2n) is 6.75. The van der Waals surface area contributed by atoms with E-state index in [0.717, 1.165) is 5.56 Å². The number of hydrogen-bond acceptors (Lipinski definition) is 5. The zero-order chi connectivity index (χ0) is 21.0. The van der Waals surface area contributed by atoms with Gasteiger partial charge in [0.1, 0.15) is 5.75 Å². The Morgan fingerprint density at radius 1 is 1.24 bits per heavy atom. The molecule has 29 heavy (non-hydrogen) atoms. The third-order valence-electron chi connectivity index (χ3n) is 4.54. The van der Waals surface area contributed by atoms with E-state index in [1.54, 1.807) is 37.1 Å². The number of fused-ring (bicyclic) bond motifs is 1. The molecule has 9 heteroatoms. The largest absolute Gasteiger partial charge is 0.481 e. The fourth-order valence-electron chi connectivity index (χ4n) is 3.08. The van der Waals surface area contributed by atoms with E-state index in [0.29, 0.717) is 42.6 Å². The Bertz CT molecular complexity index is 979. The third kappa shape index (κ3) is 5.20. The third-order valence-corrected chi connectivity index (χ3v) is 6.19. The van der Waals surface area contributed by atoms with Gasteiger partial charge in [0.2, 0.25) is 0 Å². The number of nitrogens with zero attached hydrogens (tertiary/aromatic N) is 1. The van der Waals surface area contributed by atoms with Crippen molar-refractivity contribution in [3.8, 4) is 5.75 Å². The first-order chi connectivity index (χ1) is 13.8. The van der Waals surface area contributed by atoms with Crippen LogP contribution in [-0.2, 0) is 26.1 Å². The first kappa shape index (κ1) is 21.4. The van der Waals surface area contributed by atoms with Crippen LogP contribution < -0.4 is 9.46 Å². The van der Waals surface area contributed by atoms with Crippen LogP contribution in [0.3, 0.4) is 0 Å². The van der Waals surface area contributed by atoms with Crippen LogP contribution >= 0.6 is 11.6 Å². The molecule has 0 saturated heterocycles. The molecule has 1 atom stereocenters. The molecular weight excluding hydrogens is 416 g/mol. The van der Waals surface area contributed by atoms with Crippen molar-refractivity contribution in [1.29, 1.82) is 0 Å². The van der Waals surface area contributed by atoms with Crippen molar-refractivity contribution < 1.29 is 22.7 Å². The number of carbonyl (C=O) groups excluding carboxylic acids is 1. The molecule has 0 aliphatic carbocycles. The number of sulfonamides is 1. The van der Waals surface area contributed by atoms with Gasteiger partial charge in [0.15, 0.2) is 6.10 Å². The summed E-state index contributed by atoms with van der Waals surface area (Å²) in [6.45, 7) is 3.12. The molecule has 1 aliphatic rings. The zero-order valence-electron chi connectivity index (χ0n) is 16.2. The van der Waals surface area contributed by atoms with Crippen LogP contribution in [0.1, 0.15) is 18.9 Å². The molecular formula is C20H23ClN2O5S. The van der Waals surface area contributed by atoms with Gasteiger partial charge in [0.05, 0.1) is 4.90 Å². The van der Waals surface area contributed by atoms with Crippen molar-refractivity contribution >= 4 is 33.2 Å². The molecule has 156 valence electrons. The maximum atomic E-state index is 12.6. The highest BCUT2D eigenvalue weighted by Crippen LogP contribution is 2.29. The molecule has 0 radical (unpaired) electrons. The summed E-state index contributed by atoms with van der Waals surface area (Å²) in [5, 5.41) is 0.457. The molecule has 7 nitrogen and oxygen atoms in total. The molecule has 1 N–H and O–H groups in total. The molecule has 1 aliphatic heterocycles. The second-order valence-corrected chi connectivity index (χ2v) is 8.87. The normalized spacial score (nSPS) is 16.7. The van der Waals surface area contributed by atoms with Gasteiger partial charge in [-0.3, -0.25) is 9.52 Å². The SMILES string of the molecule is COCCCN1Cc2cc(NS(=O)(=O)c3ccc(Cl)cc3)ccc2OC(C)C1=O. The van der Waals surface area contributed by atoms with Gasteiger partial charge in [0.25, 0.3) is 15.9 Å². The molecule has 0 saturated carbocycles. The molecule has 1 unspecified atom stereocenters. The molecule has 2 aromatic carbocycles. The Labute approximate surface area is 175 Å². The lowest BCUT2D eigenvalue weighted by Gasteiger charge is -2.22. The van der Waals surface area contributed by atoms with Crippen LogP contribution in [0.25, 0.3) is 0 Å². The van der Waals surface area contributed by atoms with E-state index in [2.05, 4.69) is 4.72 Å². The summed E-state index contributed by atoms with van der Waals surface area (Å²) in [5.41, 5.74) is 1.12. The van der Waals surface area contributed by atoms with Crippen LogP contribution in [0.5, 0.6) is 5.75 Å². The first-order valence-electron chi connectivity index (χ1n) is 9.16. The van der Waals surface area contributed by atoms with Crippen molar-refractivity contribution in [2.45, 2.75) is 30.9 Å². The van der Waals surface area contributed by atoms with Crippen molar-refractivity contribution in [3.05, 3.63) is 53.1 Å². The maximum absolute atomic E-state index is 12.6. The number of ether oxygens (including phenoxy) is 2. The maximum Gasteiger partial charge on any atom is 0.263 e. The number of benzene rings is 2. The Morgan fingerprint density at radius 3 is 2.66 bits per heavy atom. The predicted molar refractivity (Wildman–Crippen MR) is 111 cm³/mol. The monoisotopic (exact) mass is 438 g/mol. The molecule has 0 spiro atoms. The number of carbonyl (C=O) groups is 1. The lowest BCUT2D eigenvalue weighted by atomic mass is 10.1. The summed E-state index contributed by atoms with van der Waals surface area (Å²) in [6.07, 6.45) is 0.0862. The van der Waals surface area contributed by atoms with Gasteiger partial charge in [0, 0.05) is 43.1 Å². The van der Waals surface area contributed by atoms with E-state index in [9.17, 15) is 13.2 Å². The number of halogens is 1. The molecule has 0 bridgehead atoms. The van der Waals surface area contributed by atoms with Crippen molar-refractivity contribution in [2.24, 2.45) is 0 Å². The molecule has 1 amide bonds. The van der Waals surface area contributed by atoms with Gasteiger partial charge in [-0.25, -0.2) is 8.42 Å². The van der Waals surface area contributed by atoms with Crippen LogP contribution in [-0.4, -0.2) is 45.6 Å². The highest BCUT2D eigenvalue weighted by atomic mass is 35.5. The fourth-order valence-corrected chi connectivity index (χ4v) is 4.26. The Hall–Kier alpha value is -2.29. The number of amides is 1. The van der Waals surface area contributed by atoms with E-state index in [1.165, 1.54) is 24.3 Å². The van der Waals surface area contributed by atoms with Crippen molar-refractivity contribution in [3.63, 3.8) is 0 Å². The van der Waals surface area contributed by atoms with Crippen LogP contribution in [0.2, 0.25) is 5.02 Å². The number of nitrogens with one attached hydrogen (secondary N) is 1. The number of methoxy groups -OCH3 is 1. The minimum Gasteiger partial charge on any atom is -0.481 e. The zero-order valence-corrected chi connectivity index (χ0v) is 17.8. The van der Waals surface area contributed by atoms with Crippen LogP contribution in [0, 0.1) is 0 Å². The Balaban J connectivity index is 1.83. The highest BCUT2D eigenvalue weighted by Gasteiger charge is 2.28. The number of anilines is 1. The van der Waals surface area contributed by atoms with E-state index in [1.807, 2.05) is 0 Å². The van der Waals surface area contributed by atoms with Gasteiger partial charge in [-0.1, -0.05) is 11.6 Å². The predicted octanol–water partition coefficient (Wildman–Crippen LogP) is 3.29. The van der Waals surface area contributed by atoms with E-state index in [-0.39, 0.29) is 10.8 Å². The standard InChI is InChI=1S/C20H23ClN2O5S/c1-14-20(24)23(10-3-11-27-2)13-15-12-17(6-9-19(15)28-14)22-29(25,26)18-7-4-16(21)5-8-18/h4-9,12,14,22H,3,10-11,13H2,1-2H3. The van der Waals surface area contributed by atoms with Gasteiger partial charge < -0.3 is 14.4 Å². The second kappa shape index (κ2) is 9.02. The lowest BCUT2D eigenvalue weighted by molar-refractivity contribution is -0.137. The fraction of sp³-hybridized carbons (Fsp3) is 0.350. The molecule has 1 heterocycles. The summed E-state index contributed by atoms with van der Waals surface area (Å²) in [5.74, 6) is 0.454. The van der Waals surface area contributed by atoms with Gasteiger partial charge in [-0.15, -0.1) is 0 Å². The summed E-state index contributed by atoms with van der Waals surface area (Å²) < 4.78 is 38.7. The molecule has 3 rings (SSSR count). The average Bonchev–Trinajstić information content (AvgIpc) is 2.79. The van der Waals surface area contributed by atoms with E-state index >= 15 is 0 Å². The van der Waals surface area contributed by atoms with E-state index < -0.39 is 16.1 Å². The van der Waals surface area contributed by atoms with E-state index in [4.69, 9.17) is 21.1 Å². The van der Waals surface area contributed by atoms with Crippen LogP contribution in [0.4, 0.5) is 5.69 Å². The van der Waals surface area contributed by atoms with Crippen molar-refractivity contribution in [1.82, 2.24) is 4.90 Å². The van der Waals surface area contributed by atoms with Gasteiger partial charge >= 0.3 is 0 Å². The summed E-state index contributed by atoms with van der Waals surface area (Å²) in [4.78, 5) is 14.4. The van der Waals surface area contributed by atoms with Gasteiger partial charge in [-0.2, -0.15) is 0 Å². The lowest BCUT2D eigenvalue weighted by Crippen LogP contribution is -2.38. The quantitative estimate of drug-likeness (QED) is 0.670. The molecule has 2 aromatic rings. The number of rotatable bonds is 7. The molecule has 0 fully saturated rings. The Morgan fingerprint density at radius 2 is 1.97 bits per heavy atom. The average molecular weight is 439 g/mol. The molecule has 0 aromatic heterocycles. The summed E-state index contributed by atoms with van der Waals surface area (Å²) in [7, 11) is -2.15. The summed E-state index contributed by atoms with van der Waals surface area (Å²) >= 11 is 5.83. The van der Waals surface area contributed by atoms with Crippen molar-refractivity contribution in [2.75, 3.05) is 25.0 Å². The van der Waals surface area contributed by atoms with Gasteiger partial charge in [-0.05, 0) is 55.8 Å². The highest BCUT2D eigenvalue weighted by molar-refractivity contribution is 7.92. The van der Waals surface area contributed by atoms with Crippen LogP contribution in [0.15, 0.2) is 47.4 Å².